The highest BCUT2D eigenvalue weighted by molar-refractivity contribution is 6.29. The van der Waals surface area contributed by atoms with Gasteiger partial charge >= 0.3 is 5.97 Å². The van der Waals surface area contributed by atoms with E-state index in [1.807, 2.05) is 0 Å². The monoisotopic (exact) mass is 441 g/mol. The van der Waals surface area contributed by atoms with Gasteiger partial charge in [-0.1, -0.05) is 29.8 Å². The standard InChI is InChI=1S/C19H16ClN7O4/c1-31-18(30)13(22-16(28)11-5-3-2-4-6-11)9-12-10-21-27(17(12)29)19-24-23-15-8-7-14(20)25-26(15)19/h2-8,10,13,21H,9H2,1H3,(H,22,28)/t13-/m0/s1. The smallest absolute Gasteiger partial charge is 0.328 e. The van der Waals surface area contributed by atoms with Crippen molar-refractivity contribution < 1.29 is 14.3 Å². The van der Waals surface area contributed by atoms with Gasteiger partial charge in [0.05, 0.1) is 7.11 Å². The molecule has 0 aliphatic carbocycles. The first-order valence-corrected chi connectivity index (χ1v) is 9.47. The second-order valence-electron chi connectivity index (χ2n) is 6.48. The number of H-pyrrole nitrogens is 1. The van der Waals surface area contributed by atoms with Gasteiger partial charge in [0.15, 0.2) is 5.65 Å². The van der Waals surface area contributed by atoms with Crippen molar-refractivity contribution in [1.29, 1.82) is 0 Å². The molecule has 0 spiro atoms. The first-order chi connectivity index (χ1) is 15.0. The van der Waals surface area contributed by atoms with E-state index in [9.17, 15) is 14.4 Å². The fourth-order valence-electron chi connectivity index (χ4n) is 2.98. The number of carbonyl (C=O) groups excluding carboxylic acids is 2. The highest BCUT2D eigenvalue weighted by atomic mass is 35.5. The first-order valence-electron chi connectivity index (χ1n) is 9.09. The number of halogens is 1. The number of aromatic nitrogens is 6. The van der Waals surface area contributed by atoms with E-state index < -0.39 is 23.5 Å². The largest absolute Gasteiger partial charge is 0.467 e. The maximum atomic E-state index is 12.9. The van der Waals surface area contributed by atoms with Crippen LogP contribution in [-0.4, -0.2) is 54.6 Å². The Morgan fingerprint density at radius 3 is 2.71 bits per heavy atom. The third kappa shape index (κ3) is 4.03. The lowest BCUT2D eigenvalue weighted by atomic mass is 10.1. The fraction of sp³-hybridized carbons (Fsp3) is 0.158. The molecule has 1 atom stereocenters. The van der Waals surface area contributed by atoms with E-state index in [4.69, 9.17) is 16.3 Å². The van der Waals surface area contributed by atoms with Gasteiger partial charge < -0.3 is 10.1 Å². The predicted molar refractivity (Wildman–Crippen MR) is 109 cm³/mol. The van der Waals surface area contributed by atoms with Crippen molar-refractivity contribution in [1.82, 2.24) is 34.9 Å². The molecule has 31 heavy (non-hydrogen) atoms. The molecule has 1 aromatic carbocycles. The molecule has 2 N–H and O–H groups in total. The summed E-state index contributed by atoms with van der Waals surface area (Å²) in [5, 5.41) is 17.6. The number of esters is 1. The summed E-state index contributed by atoms with van der Waals surface area (Å²) in [5.74, 6) is -1.05. The molecule has 0 bridgehead atoms. The molecule has 12 heteroatoms. The van der Waals surface area contributed by atoms with Gasteiger partial charge in [0.2, 0.25) is 0 Å². The van der Waals surface area contributed by atoms with Crippen LogP contribution in [0.2, 0.25) is 5.15 Å². The van der Waals surface area contributed by atoms with Crippen LogP contribution in [0.25, 0.3) is 11.6 Å². The van der Waals surface area contributed by atoms with E-state index in [-0.39, 0.29) is 23.1 Å². The summed E-state index contributed by atoms with van der Waals surface area (Å²) in [6.07, 6.45) is 1.32. The van der Waals surface area contributed by atoms with Gasteiger partial charge in [-0.2, -0.15) is 14.3 Å². The molecule has 158 valence electrons. The normalized spacial score (nSPS) is 11.9. The number of ether oxygens (including phenoxy) is 1. The number of rotatable bonds is 6. The zero-order valence-electron chi connectivity index (χ0n) is 16.2. The Kier molecular flexibility index (Phi) is 5.50. The van der Waals surface area contributed by atoms with Crippen LogP contribution < -0.4 is 10.9 Å². The molecule has 3 aromatic heterocycles. The van der Waals surface area contributed by atoms with Crippen molar-refractivity contribution in [3.05, 3.63) is 75.3 Å². The molecule has 4 aromatic rings. The molecule has 11 nitrogen and oxygen atoms in total. The van der Waals surface area contributed by atoms with Crippen LogP contribution in [0.3, 0.4) is 0 Å². The third-order valence-electron chi connectivity index (χ3n) is 4.51. The Balaban J connectivity index is 1.62. The Morgan fingerprint density at radius 1 is 1.19 bits per heavy atom. The first kappa shape index (κ1) is 20.3. The van der Waals surface area contributed by atoms with Crippen molar-refractivity contribution in [3.8, 4) is 5.95 Å². The molecule has 0 aliphatic heterocycles. The van der Waals surface area contributed by atoms with Gasteiger partial charge in [-0.15, -0.1) is 10.2 Å². The summed E-state index contributed by atoms with van der Waals surface area (Å²) >= 11 is 5.92. The number of amides is 1. The molecule has 0 unspecified atom stereocenters. The van der Waals surface area contributed by atoms with Gasteiger partial charge in [0, 0.05) is 23.7 Å². The maximum Gasteiger partial charge on any atom is 0.328 e. The number of nitrogens with one attached hydrogen (secondary N) is 2. The van der Waals surface area contributed by atoms with E-state index in [0.29, 0.717) is 11.2 Å². The van der Waals surface area contributed by atoms with Crippen LogP contribution in [0.1, 0.15) is 15.9 Å². The summed E-state index contributed by atoms with van der Waals surface area (Å²) < 4.78 is 7.21. The third-order valence-corrected chi connectivity index (χ3v) is 4.71. The van der Waals surface area contributed by atoms with Gasteiger partial charge in [-0.3, -0.25) is 14.7 Å². The molecule has 0 fully saturated rings. The zero-order valence-corrected chi connectivity index (χ0v) is 16.9. The molecule has 3 heterocycles. The minimum Gasteiger partial charge on any atom is -0.467 e. The quantitative estimate of drug-likeness (QED) is 0.422. The number of carbonyl (C=O) groups is 2. The van der Waals surface area contributed by atoms with E-state index in [1.54, 1.807) is 42.5 Å². The van der Waals surface area contributed by atoms with Crippen LogP contribution >= 0.6 is 11.6 Å². The minimum absolute atomic E-state index is 0.0942. The summed E-state index contributed by atoms with van der Waals surface area (Å²) in [6.45, 7) is 0. The van der Waals surface area contributed by atoms with E-state index in [1.165, 1.54) is 17.8 Å². The molecule has 0 saturated carbocycles. The summed E-state index contributed by atoms with van der Waals surface area (Å²) in [6, 6.07) is 10.5. The Morgan fingerprint density at radius 2 is 1.97 bits per heavy atom. The number of methoxy groups -OCH3 is 1. The summed E-state index contributed by atoms with van der Waals surface area (Å²) in [7, 11) is 1.21. The van der Waals surface area contributed by atoms with Crippen molar-refractivity contribution in [2.24, 2.45) is 0 Å². The van der Waals surface area contributed by atoms with Crippen LogP contribution in [0.4, 0.5) is 0 Å². The predicted octanol–water partition coefficient (Wildman–Crippen LogP) is 0.771. The fourth-order valence-corrected chi connectivity index (χ4v) is 3.12. The number of hydrogen-bond acceptors (Lipinski definition) is 7. The van der Waals surface area contributed by atoms with Crippen molar-refractivity contribution in [3.63, 3.8) is 0 Å². The molecule has 1 amide bonds. The summed E-state index contributed by atoms with van der Waals surface area (Å²) in [4.78, 5) is 37.6. The molecular weight excluding hydrogens is 426 g/mol. The van der Waals surface area contributed by atoms with Crippen molar-refractivity contribution >= 4 is 29.1 Å². The van der Waals surface area contributed by atoms with E-state index >= 15 is 0 Å². The maximum absolute atomic E-state index is 12.9. The SMILES string of the molecule is COC(=O)[C@H](Cc1c[nH]n(-c2nnc3ccc(Cl)nn23)c1=O)NC(=O)c1ccccc1. The number of aromatic amines is 1. The highest BCUT2D eigenvalue weighted by Gasteiger charge is 2.25. The second-order valence-corrected chi connectivity index (χ2v) is 6.87. The molecule has 4 rings (SSSR count). The average Bonchev–Trinajstić information content (AvgIpc) is 3.36. The van der Waals surface area contributed by atoms with Crippen LogP contribution in [0, 0.1) is 0 Å². The van der Waals surface area contributed by atoms with Gasteiger partial charge in [0.1, 0.15) is 11.2 Å². The molecule has 0 radical (unpaired) electrons. The number of fused-ring (bicyclic) bond motifs is 1. The van der Waals surface area contributed by atoms with E-state index in [2.05, 4.69) is 25.7 Å². The average molecular weight is 442 g/mol. The van der Waals surface area contributed by atoms with Gasteiger partial charge in [-0.05, 0) is 24.3 Å². The minimum atomic E-state index is -1.07. The van der Waals surface area contributed by atoms with E-state index in [0.717, 1.165) is 4.68 Å². The number of hydrogen-bond donors (Lipinski definition) is 2. The lowest BCUT2D eigenvalue weighted by molar-refractivity contribution is -0.142. The topological polar surface area (TPSA) is 136 Å². The Labute approximate surface area is 179 Å². The Bertz CT molecular complexity index is 1310. The van der Waals surface area contributed by atoms with Gasteiger partial charge in [0.25, 0.3) is 17.4 Å². The summed E-state index contributed by atoms with van der Waals surface area (Å²) in [5.41, 5.74) is 0.507. The second kappa shape index (κ2) is 8.40. The molecule has 0 saturated heterocycles. The van der Waals surface area contributed by atoms with Crippen molar-refractivity contribution in [2.45, 2.75) is 12.5 Å². The van der Waals surface area contributed by atoms with Crippen LogP contribution in [-0.2, 0) is 16.0 Å². The molecule has 0 aliphatic rings. The Hall–Kier alpha value is -3.99. The van der Waals surface area contributed by atoms with Gasteiger partial charge in [-0.25, -0.2) is 4.79 Å². The zero-order chi connectivity index (χ0) is 22.0. The van der Waals surface area contributed by atoms with Crippen LogP contribution in [0.5, 0.6) is 0 Å². The lowest BCUT2D eigenvalue weighted by Gasteiger charge is -2.15. The highest BCUT2D eigenvalue weighted by Crippen LogP contribution is 2.10. The molecular formula is C19H16ClN7O4. The lowest BCUT2D eigenvalue weighted by Crippen LogP contribution is -2.43. The van der Waals surface area contributed by atoms with Crippen molar-refractivity contribution in [2.75, 3.05) is 7.11 Å². The number of benzene rings is 1. The number of nitrogens with zero attached hydrogens (tertiary/aromatic N) is 5. The van der Waals surface area contributed by atoms with Crippen LogP contribution in [0.15, 0.2) is 53.5 Å².